The van der Waals surface area contributed by atoms with Crippen LogP contribution in [0.1, 0.15) is 54.1 Å². The Morgan fingerprint density at radius 2 is 1.78 bits per heavy atom. The van der Waals surface area contributed by atoms with E-state index >= 15 is 0 Å². The zero-order valence-electron chi connectivity index (χ0n) is 18.8. The minimum absolute atomic E-state index is 0.0862. The molecule has 0 spiro atoms. The largest absolute Gasteiger partial charge is 0.478 e. The molecule has 0 aliphatic rings. The fraction of sp³-hybridized carbons (Fsp3) is 0.320. The van der Waals surface area contributed by atoms with E-state index in [2.05, 4.69) is 29.6 Å². The van der Waals surface area contributed by atoms with Gasteiger partial charge in [0, 0.05) is 24.8 Å². The van der Waals surface area contributed by atoms with Crippen molar-refractivity contribution in [3.63, 3.8) is 0 Å². The first-order valence-electron chi connectivity index (χ1n) is 10.7. The van der Waals surface area contributed by atoms with Gasteiger partial charge in [-0.2, -0.15) is 0 Å². The van der Waals surface area contributed by atoms with Gasteiger partial charge >= 0.3 is 12.0 Å². The van der Waals surface area contributed by atoms with Crippen molar-refractivity contribution >= 4 is 45.0 Å². The summed E-state index contributed by atoms with van der Waals surface area (Å²) in [5.74, 6) is -1.46. The van der Waals surface area contributed by atoms with Gasteiger partial charge in [-0.25, -0.2) is 9.59 Å². The van der Waals surface area contributed by atoms with Crippen LogP contribution in [-0.4, -0.2) is 29.6 Å². The van der Waals surface area contributed by atoms with Crippen LogP contribution in [0, 0.1) is 5.92 Å². The van der Waals surface area contributed by atoms with Gasteiger partial charge in [0.25, 0.3) is 0 Å². The van der Waals surface area contributed by atoms with Gasteiger partial charge in [-0.3, -0.25) is 15.0 Å². The van der Waals surface area contributed by atoms with E-state index < -0.39 is 17.9 Å². The van der Waals surface area contributed by atoms with Crippen LogP contribution in [0.4, 0.5) is 9.80 Å². The molecular formula is C25H28N2O4S. The molecule has 0 unspecified atom stereocenters. The normalized spacial score (nSPS) is 11.0. The molecule has 7 heteroatoms. The molecule has 0 bridgehead atoms. The minimum Gasteiger partial charge on any atom is -0.478 e. The highest BCUT2D eigenvalue weighted by molar-refractivity contribution is 7.17. The number of hydrogen-bond acceptors (Lipinski definition) is 4. The van der Waals surface area contributed by atoms with E-state index in [9.17, 15) is 19.5 Å². The van der Waals surface area contributed by atoms with E-state index in [0.717, 1.165) is 26.8 Å². The van der Waals surface area contributed by atoms with Crippen LogP contribution in [0.3, 0.4) is 0 Å². The molecule has 0 aliphatic heterocycles. The average Bonchev–Trinajstić information content (AvgIpc) is 3.09. The van der Waals surface area contributed by atoms with Gasteiger partial charge in [0.1, 0.15) is 5.00 Å². The summed E-state index contributed by atoms with van der Waals surface area (Å²) >= 11 is 1.32. The van der Waals surface area contributed by atoms with Crippen LogP contribution in [0.2, 0.25) is 0 Å². The third kappa shape index (κ3) is 4.99. The molecule has 0 saturated heterocycles. The quantitative estimate of drug-likeness (QED) is 0.498. The number of hydrogen-bond donors (Lipinski definition) is 2. The molecule has 0 atom stereocenters. The van der Waals surface area contributed by atoms with E-state index in [1.807, 2.05) is 39.0 Å². The highest BCUT2D eigenvalue weighted by Gasteiger charge is 2.30. The third-order valence-electron chi connectivity index (χ3n) is 5.19. The lowest BCUT2D eigenvalue weighted by molar-refractivity contribution is -0.117. The summed E-state index contributed by atoms with van der Waals surface area (Å²) in [6.45, 7) is 7.38. The number of thiophene rings is 1. The van der Waals surface area contributed by atoms with Gasteiger partial charge in [0.05, 0.1) is 5.56 Å². The van der Waals surface area contributed by atoms with Crippen molar-refractivity contribution in [2.45, 2.75) is 40.5 Å². The molecule has 0 radical (unpaired) electrons. The predicted molar refractivity (Wildman–Crippen MR) is 129 cm³/mol. The number of urea groups is 1. The number of carbonyl (C=O) groups excluding carboxylic acids is 2. The summed E-state index contributed by atoms with van der Waals surface area (Å²) in [4.78, 5) is 38.9. The first kappa shape index (κ1) is 23.5. The number of fused-ring (bicyclic) bond motifs is 1. The highest BCUT2D eigenvalue weighted by Crippen LogP contribution is 2.39. The van der Waals surface area contributed by atoms with Crippen molar-refractivity contribution in [2.75, 3.05) is 11.4 Å². The summed E-state index contributed by atoms with van der Waals surface area (Å²) in [5.41, 5.74) is 1.98. The maximum Gasteiger partial charge on any atom is 0.339 e. The summed E-state index contributed by atoms with van der Waals surface area (Å²) in [6, 6.07) is 13.6. The Balaban J connectivity index is 2.14. The maximum absolute atomic E-state index is 12.8. The Morgan fingerprint density at radius 3 is 2.41 bits per heavy atom. The number of carboxylic acid groups (broad SMARTS) is 1. The summed E-state index contributed by atoms with van der Waals surface area (Å²) in [7, 11) is 0. The van der Waals surface area contributed by atoms with E-state index in [1.165, 1.54) is 23.2 Å². The van der Waals surface area contributed by atoms with E-state index in [0.29, 0.717) is 24.4 Å². The zero-order valence-corrected chi connectivity index (χ0v) is 19.6. The van der Waals surface area contributed by atoms with Crippen LogP contribution in [0.25, 0.3) is 10.8 Å². The number of amides is 3. The van der Waals surface area contributed by atoms with Crippen molar-refractivity contribution in [3.05, 3.63) is 64.0 Å². The molecule has 1 heterocycles. The maximum atomic E-state index is 12.8. The molecule has 1 aromatic heterocycles. The van der Waals surface area contributed by atoms with Crippen LogP contribution < -0.4 is 10.2 Å². The number of nitrogens with zero attached hydrogens (tertiary/aromatic N) is 1. The SMILES string of the molecule is CCc1c(Cc2cccc3ccccc23)sc(N(CC(C)C)C(=O)NC(C)=O)c1C(=O)O. The number of benzene rings is 2. The standard InChI is InChI=1S/C25H28N2O4S/c1-5-19-21(13-18-11-8-10-17-9-6-7-12-20(17)18)32-23(22(19)24(29)30)27(14-15(2)3)25(31)26-16(4)28/h6-12,15H,5,13-14H2,1-4H3,(H,29,30)(H,26,28,31). The van der Waals surface area contributed by atoms with Gasteiger partial charge in [0.15, 0.2) is 0 Å². The summed E-state index contributed by atoms with van der Waals surface area (Å²) in [6.07, 6.45) is 1.10. The molecule has 0 aliphatic carbocycles. The van der Waals surface area contributed by atoms with Crippen LogP contribution in [0.5, 0.6) is 0 Å². The van der Waals surface area contributed by atoms with Crippen molar-refractivity contribution in [2.24, 2.45) is 5.92 Å². The predicted octanol–water partition coefficient (Wildman–Crippen LogP) is 5.47. The molecule has 2 N–H and O–H groups in total. The molecule has 0 fully saturated rings. The lowest BCUT2D eigenvalue weighted by Gasteiger charge is -2.23. The summed E-state index contributed by atoms with van der Waals surface area (Å²) in [5, 5.41) is 15.0. The fourth-order valence-corrected chi connectivity index (χ4v) is 5.30. The number of anilines is 1. The monoisotopic (exact) mass is 452 g/mol. The first-order chi connectivity index (χ1) is 15.2. The Bertz CT molecular complexity index is 1160. The van der Waals surface area contributed by atoms with E-state index in [4.69, 9.17) is 0 Å². The Morgan fingerprint density at radius 1 is 1.09 bits per heavy atom. The molecule has 3 aromatic rings. The number of aromatic carboxylic acids is 1. The summed E-state index contributed by atoms with van der Waals surface area (Å²) < 4.78 is 0. The van der Waals surface area contributed by atoms with Crippen molar-refractivity contribution in [3.8, 4) is 0 Å². The second-order valence-electron chi connectivity index (χ2n) is 8.15. The van der Waals surface area contributed by atoms with Gasteiger partial charge < -0.3 is 5.11 Å². The topological polar surface area (TPSA) is 86.7 Å². The molecule has 32 heavy (non-hydrogen) atoms. The second kappa shape index (κ2) is 9.96. The average molecular weight is 453 g/mol. The lowest BCUT2D eigenvalue weighted by atomic mass is 9.98. The molecule has 168 valence electrons. The molecule has 2 aromatic carbocycles. The lowest BCUT2D eigenvalue weighted by Crippen LogP contribution is -2.44. The number of nitrogens with one attached hydrogen (secondary N) is 1. The third-order valence-corrected chi connectivity index (χ3v) is 6.45. The molecule has 3 rings (SSSR count). The molecule has 0 saturated carbocycles. The van der Waals surface area contributed by atoms with Crippen molar-refractivity contribution < 1.29 is 19.5 Å². The van der Waals surface area contributed by atoms with Gasteiger partial charge in [-0.05, 0) is 34.2 Å². The van der Waals surface area contributed by atoms with E-state index in [1.54, 1.807) is 0 Å². The highest BCUT2D eigenvalue weighted by atomic mass is 32.1. The zero-order chi connectivity index (χ0) is 23.4. The fourth-order valence-electron chi connectivity index (χ4n) is 3.89. The molecule has 3 amide bonds. The smallest absolute Gasteiger partial charge is 0.339 e. The first-order valence-corrected chi connectivity index (χ1v) is 11.5. The van der Waals surface area contributed by atoms with Gasteiger partial charge in [-0.15, -0.1) is 11.3 Å². The minimum atomic E-state index is -1.07. The second-order valence-corrected chi connectivity index (χ2v) is 9.23. The van der Waals surface area contributed by atoms with Crippen LogP contribution >= 0.6 is 11.3 Å². The van der Waals surface area contributed by atoms with E-state index in [-0.39, 0.29) is 11.5 Å². The Labute approximate surface area is 191 Å². The Kier molecular flexibility index (Phi) is 7.30. The number of carboxylic acids is 1. The van der Waals surface area contributed by atoms with Crippen molar-refractivity contribution in [1.82, 2.24) is 5.32 Å². The molecule has 6 nitrogen and oxygen atoms in total. The van der Waals surface area contributed by atoms with Gasteiger partial charge in [-0.1, -0.05) is 63.2 Å². The Hall–Kier alpha value is -3.19. The van der Waals surface area contributed by atoms with Crippen LogP contribution in [-0.2, 0) is 17.6 Å². The number of rotatable bonds is 7. The number of carbonyl (C=O) groups is 3. The molecular weight excluding hydrogens is 424 g/mol. The van der Waals surface area contributed by atoms with Crippen LogP contribution in [0.15, 0.2) is 42.5 Å². The number of imide groups is 1. The van der Waals surface area contributed by atoms with Gasteiger partial charge in [0.2, 0.25) is 5.91 Å². The van der Waals surface area contributed by atoms with Crippen molar-refractivity contribution in [1.29, 1.82) is 0 Å².